The minimum atomic E-state index is -0.392. The van der Waals surface area contributed by atoms with Crippen molar-refractivity contribution < 1.29 is 13.9 Å². The topological polar surface area (TPSA) is 55.3 Å². The first-order chi connectivity index (χ1) is 15.0. The van der Waals surface area contributed by atoms with E-state index >= 15 is 0 Å². The van der Waals surface area contributed by atoms with Gasteiger partial charge in [0, 0.05) is 19.0 Å². The van der Waals surface area contributed by atoms with Gasteiger partial charge < -0.3 is 9.64 Å². The normalized spacial score (nSPS) is 18.1. The van der Waals surface area contributed by atoms with Crippen LogP contribution in [-0.4, -0.2) is 35.6 Å². The molecule has 2 aliphatic rings. The quantitative estimate of drug-likeness (QED) is 0.560. The molecule has 1 saturated heterocycles. The summed E-state index contributed by atoms with van der Waals surface area (Å²) in [6.45, 7) is 3.13. The van der Waals surface area contributed by atoms with Crippen molar-refractivity contribution in [2.75, 3.05) is 18.6 Å². The number of piperidine rings is 1. The molecule has 1 atom stereocenters. The summed E-state index contributed by atoms with van der Waals surface area (Å²) in [7, 11) is 1.37. The molecule has 0 amide bonds. The molecule has 31 heavy (non-hydrogen) atoms. The summed E-state index contributed by atoms with van der Waals surface area (Å²) in [6.07, 6.45) is 6.13. The van der Waals surface area contributed by atoms with Crippen molar-refractivity contribution in [1.29, 1.82) is 0 Å². The van der Waals surface area contributed by atoms with Crippen LogP contribution >= 0.6 is 0 Å². The van der Waals surface area contributed by atoms with E-state index in [0.29, 0.717) is 23.5 Å². The van der Waals surface area contributed by atoms with Crippen LogP contribution in [0.3, 0.4) is 0 Å². The van der Waals surface area contributed by atoms with Gasteiger partial charge in [0.1, 0.15) is 11.5 Å². The van der Waals surface area contributed by atoms with Crippen LogP contribution in [0.2, 0.25) is 0 Å². The fourth-order valence-corrected chi connectivity index (χ4v) is 4.58. The maximum Gasteiger partial charge on any atom is 0.337 e. The molecule has 0 spiro atoms. The molecule has 5 nitrogen and oxygen atoms in total. The molecule has 0 N–H and O–H groups in total. The Morgan fingerprint density at radius 2 is 2.00 bits per heavy atom. The molecule has 0 unspecified atom stereocenters. The fraction of sp³-hybridized carbons (Fsp3) is 0.320. The number of carbonyl (C=O) groups is 1. The molecule has 0 bridgehead atoms. The summed E-state index contributed by atoms with van der Waals surface area (Å²) in [5.74, 6) is 0.219. The Morgan fingerprint density at radius 3 is 2.81 bits per heavy atom. The second kappa shape index (κ2) is 7.76. The van der Waals surface area contributed by atoms with E-state index in [9.17, 15) is 9.18 Å². The number of allylic oxidation sites excluding steroid dienone is 1. The van der Waals surface area contributed by atoms with Crippen molar-refractivity contribution >= 4 is 34.5 Å². The van der Waals surface area contributed by atoms with Gasteiger partial charge in [0.05, 0.1) is 23.7 Å². The Morgan fingerprint density at radius 1 is 1.13 bits per heavy atom. The molecule has 1 aromatic heterocycles. The number of fused-ring (bicyclic) bond motifs is 2. The SMILES string of the molecule is COC(=O)c1ccc2nc(C3=Cc4ccc(F)cc4C3)c(N3CCCC[C@@H]3C)nc2c1. The molecule has 1 aliphatic carbocycles. The Hall–Kier alpha value is -3.28. The fourth-order valence-electron chi connectivity index (χ4n) is 4.58. The monoisotopic (exact) mass is 417 g/mol. The van der Waals surface area contributed by atoms with Crippen molar-refractivity contribution in [3.8, 4) is 0 Å². The predicted molar refractivity (Wildman–Crippen MR) is 120 cm³/mol. The average Bonchev–Trinajstić information content (AvgIpc) is 3.20. The van der Waals surface area contributed by atoms with Crippen molar-refractivity contribution in [2.24, 2.45) is 0 Å². The van der Waals surface area contributed by atoms with Gasteiger partial charge >= 0.3 is 5.97 Å². The Balaban J connectivity index is 1.65. The lowest BCUT2D eigenvalue weighted by atomic mass is 10.0. The van der Waals surface area contributed by atoms with E-state index in [-0.39, 0.29) is 5.82 Å². The number of esters is 1. The lowest BCUT2D eigenvalue weighted by Gasteiger charge is -2.35. The number of anilines is 1. The second-order valence-corrected chi connectivity index (χ2v) is 8.32. The molecule has 6 heteroatoms. The van der Waals surface area contributed by atoms with Gasteiger partial charge in [-0.2, -0.15) is 0 Å². The highest BCUT2D eigenvalue weighted by atomic mass is 19.1. The van der Waals surface area contributed by atoms with Gasteiger partial charge in [-0.3, -0.25) is 0 Å². The number of rotatable bonds is 3. The number of halogens is 1. The van der Waals surface area contributed by atoms with Gasteiger partial charge in [-0.05, 0) is 79.3 Å². The van der Waals surface area contributed by atoms with E-state index in [4.69, 9.17) is 14.7 Å². The summed E-state index contributed by atoms with van der Waals surface area (Å²) in [5, 5.41) is 0. The first kappa shape index (κ1) is 19.7. The minimum Gasteiger partial charge on any atom is -0.465 e. The molecule has 2 aromatic carbocycles. The van der Waals surface area contributed by atoms with Gasteiger partial charge in [-0.25, -0.2) is 19.2 Å². The molecule has 158 valence electrons. The Kier molecular flexibility index (Phi) is 4.93. The molecule has 5 rings (SSSR count). The molecule has 2 heterocycles. The summed E-state index contributed by atoms with van der Waals surface area (Å²) in [5.41, 5.74) is 5.72. The van der Waals surface area contributed by atoms with Gasteiger partial charge in [-0.1, -0.05) is 6.07 Å². The van der Waals surface area contributed by atoms with Crippen molar-refractivity contribution in [3.05, 3.63) is 64.6 Å². The van der Waals surface area contributed by atoms with Crippen LogP contribution in [0, 0.1) is 5.82 Å². The predicted octanol–water partition coefficient (Wildman–Crippen LogP) is 5.03. The lowest BCUT2D eigenvalue weighted by molar-refractivity contribution is 0.0601. The first-order valence-corrected chi connectivity index (χ1v) is 10.7. The molecule has 3 aromatic rings. The molecule has 1 fully saturated rings. The third-order valence-electron chi connectivity index (χ3n) is 6.26. The molecular formula is C25H24FN3O2. The number of carbonyl (C=O) groups excluding carboxylic acids is 1. The van der Waals surface area contributed by atoms with E-state index in [1.165, 1.54) is 19.6 Å². The lowest BCUT2D eigenvalue weighted by Crippen LogP contribution is -2.38. The average molecular weight is 417 g/mol. The van der Waals surface area contributed by atoms with E-state index in [0.717, 1.165) is 53.1 Å². The van der Waals surface area contributed by atoms with E-state index in [1.807, 2.05) is 12.1 Å². The second-order valence-electron chi connectivity index (χ2n) is 8.32. The number of hydrogen-bond donors (Lipinski definition) is 0. The number of methoxy groups -OCH3 is 1. The summed E-state index contributed by atoms with van der Waals surface area (Å²) in [6, 6.07) is 10.5. The zero-order valence-corrected chi connectivity index (χ0v) is 17.7. The highest BCUT2D eigenvalue weighted by Crippen LogP contribution is 2.37. The highest BCUT2D eigenvalue weighted by Gasteiger charge is 2.27. The van der Waals surface area contributed by atoms with Gasteiger partial charge in [-0.15, -0.1) is 0 Å². The van der Waals surface area contributed by atoms with E-state index < -0.39 is 5.97 Å². The van der Waals surface area contributed by atoms with Crippen molar-refractivity contribution in [3.63, 3.8) is 0 Å². The number of nitrogens with zero attached hydrogens (tertiary/aromatic N) is 3. The van der Waals surface area contributed by atoms with Gasteiger partial charge in [0.25, 0.3) is 0 Å². The van der Waals surface area contributed by atoms with Crippen molar-refractivity contribution in [1.82, 2.24) is 9.97 Å². The van der Waals surface area contributed by atoms with Crippen LogP contribution in [0.15, 0.2) is 36.4 Å². The van der Waals surface area contributed by atoms with Crippen LogP contribution in [0.1, 0.15) is 53.4 Å². The molecule has 0 radical (unpaired) electrons. The highest BCUT2D eigenvalue weighted by molar-refractivity contribution is 5.96. The minimum absolute atomic E-state index is 0.224. The number of aromatic nitrogens is 2. The van der Waals surface area contributed by atoms with E-state index in [1.54, 1.807) is 18.2 Å². The summed E-state index contributed by atoms with van der Waals surface area (Å²) >= 11 is 0. The van der Waals surface area contributed by atoms with Crippen LogP contribution < -0.4 is 4.90 Å². The van der Waals surface area contributed by atoms with Crippen LogP contribution in [0.4, 0.5) is 10.2 Å². The number of benzene rings is 2. The van der Waals surface area contributed by atoms with Gasteiger partial charge in [0.15, 0.2) is 5.82 Å². The number of hydrogen-bond acceptors (Lipinski definition) is 5. The van der Waals surface area contributed by atoms with Gasteiger partial charge in [0.2, 0.25) is 0 Å². The molecular weight excluding hydrogens is 393 g/mol. The molecule has 1 aliphatic heterocycles. The smallest absolute Gasteiger partial charge is 0.337 e. The first-order valence-electron chi connectivity index (χ1n) is 10.7. The zero-order chi connectivity index (χ0) is 21.5. The Bertz CT molecular complexity index is 1220. The molecule has 0 saturated carbocycles. The maximum absolute atomic E-state index is 13.8. The number of ether oxygens (including phenoxy) is 1. The standard InChI is InChI=1S/C25H24FN3O2/c1-15-5-3-4-10-29(15)24-23(19-11-16-6-8-20(26)13-18(16)12-19)27-21-9-7-17(25(30)31-2)14-22(21)28-24/h6-9,11,13-15H,3-5,10,12H2,1-2H3/t15-/m0/s1. The van der Waals surface area contributed by atoms with Crippen LogP contribution in [0.5, 0.6) is 0 Å². The summed E-state index contributed by atoms with van der Waals surface area (Å²) < 4.78 is 18.6. The third-order valence-corrected chi connectivity index (χ3v) is 6.26. The van der Waals surface area contributed by atoms with E-state index in [2.05, 4.69) is 17.9 Å². The zero-order valence-electron chi connectivity index (χ0n) is 17.7. The third kappa shape index (κ3) is 3.56. The summed E-state index contributed by atoms with van der Waals surface area (Å²) in [4.78, 5) is 24.3. The largest absolute Gasteiger partial charge is 0.465 e. The van der Waals surface area contributed by atoms with Crippen LogP contribution in [0.25, 0.3) is 22.7 Å². The maximum atomic E-state index is 13.8. The van der Waals surface area contributed by atoms with Crippen molar-refractivity contribution in [2.45, 2.75) is 38.6 Å². The van der Waals surface area contributed by atoms with Crippen LogP contribution in [-0.2, 0) is 11.2 Å². The Labute approximate surface area is 180 Å².